The fraction of sp³-hybridized carbons (Fsp3) is 0.100. The average Bonchev–Trinajstić information content (AvgIpc) is 3.35. The van der Waals surface area contributed by atoms with Crippen molar-refractivity contribution in [2.75, 3.05) is 7.11 Å². The molecule has 0 atom stereocenters. The first kappa shape index (κ1) is 18.6. The molecule has 1 aromatic carbocycles. The number of hydrogen-bond donors (Lipinski definition) is 1. The molecule has 4 rings (SSSR count). The summed E-state index contributed by atoms with van der Waals surface area (Å²) in [5.41, 5.74) is 0.649. The second-order valence-corrected chi connectivity index (χ2v) is 7.05. The van der Waals surface area contributed by atoms with Crippen LogP contribution < -0.4 is 9.47 Å². The second-order valence-electron chi connectivity index (χ2n) is 6.10. The zero-order valence-electron chi connectivity index (χ0n) is 15.5. The van der Waals surface area contributed by atoms with Crippen LogP contribution in [0, 0.1) is 5.41 Å². The Hall–Kier alpha value is -3.72. The predicted octanol–water partition coefficient (Wildman–Crippen LogP) is 3.43. The van der Waals surface area contributed by atoms with Crippen molar-refractivity contribution < 1.29 is 23.9 Å². The molecule has 29 heavy (non-hydrogen) atoms. The summed E-state index contributed by atoms with van der Waals surface area (Å²) in [4.78, 5) is 34.3. The van der Waals surface area contributed by atoms with Crippen LogP contribution in [0.1, 0.15) is 22.2 Å². The van der Waals surface area contributed by atoms with E-state index in [9.17, 15) is 9.59 Å². The number of carbonyl (C=O) groups is 2. The highest BCUT2D eigenvalue weighted by Gasteiger charge is 2.34. The van der Waals surface area contributed by atoms with Crippen LogP contribution in [0.25, 0.3) is 6.08 Å². The topological polar surface area (TPSA) is 101 Å². The maximum Gasteiger partial charge on any atom is 0.353 e. The number of fused-ring (bicyclic) bond motifs is 1. The van der Waals surface area contributed by atoms with Crippen molar-refractivity contribution in [3.63, 3.8) is 0 Å². The molecule has 0 unspecified atom stereocenters. The lowest BCUT2D eigenvalue weighted by Crippen LogP contribution is -2.38. The van der Waals surface area contributed by atoms with E-state index in [-0.39, 0.29) is 23.0 Å². The van der Waals surface area contributed by atoms with Crippen LogP contribution in [-0.4, -0.2) is 35.7 Å². The van der Waals surface area contributed by atoms with Gasteiger partial charge in [0.05, 0.1) is 12.7 Å². The molecule has 9 heteroatoms. The van der Waals surface area contributed by atoms with Gasteiger partial charge in [0, 0.05) is 6.08 Å². The number of benzene rings is 1. The maximum atomic E-state index is 12.3. The van der Waals surface area contributed by atoms with Gasteiger partial charge in [0.15, 0.2) is 23.2 Å². The number of hydrogen-bond acceptors (Lipinski definition) is 7. The SMILES string of the molecule is COc1cc(/C=C2\C(=N)N3OC(C)=CC3=NC2=O)ccc1OC(=O)c1cccs1. The van der Waals surface area contributed by atoms with E-state index in [1.807, 2.05) is 0 Å². The highest BCUT2D eigenvalue weighted by atomic mass is 32.1. The first-order chi connectivity index (χ1) is 14.0. The van der Waals surface area contributed by atoms with E-state index in [2.05, 4.69) is 4.99 Å². The third-order valence-corrected chi connectivity index (χ3v) is 4.95. The zero-order valence-corrected chi connectivity index (χ0v) is 16.3. The van der Waals surface area contributed by atoms with Crippen LogP contribution in [-0.2, 0) is 9.63 Å². The van der Waals surface area contributed by atoms with Gasteiger partial charge in [-0.1, -0.05) is 12.1 Å². The van der Waals surface area contributed by atoms with Crippen molar-refractivity contribution in [1.82, 2.24) is 5.06 Å². The molecule has 1 N–H and O–H groups in total. The van der Waals surface area contributed by atoms with E-state index in [1.165, 1.54) is 29.6 Å². The lowest BCUT2D eigenvalue weighted by atomic mass is 10.1. The van der Waals surface area contributed by atoms with Crippen molar-refractivity contribution in [3.8, 4) is 11.5 Å². The number of ether oxygens (including phenoxy) is 2. The standard InChI is InChI=1S/C20H15N3O5S/c1-11-8-17-22-19(24)13(18(21)23(17)28-11)9-12-5-6-14(15(10-12)26-2)27-20(25)16-4-3-7-29-16/h3-10,21H,1-2H3/b13-9+,21-18?. The third-order valence-electron chi connectivity index (χ3n) is 4.10. The molecular weight excluding hydrogens is 394 g/mol. The Kier molecular flexibility index (Phi) is 4.73. The number of esters is 1. The van der Waals surface area contributed by atoms with Crippen LogP contribution in [0.2, 0.25) is 0 Å². The van der Waals surface area contributed by atoms with Gasteiger partial charge in [-0.25, -0.2) is 4.79 Å². The van der Waals surface area contributed by atoms with Gasteiger partial charge in [-0.15, -0.1) is 16.4 Å². The van der Waals surface area contributed by atoms with Crippen molar-refractivity contribution in [3.05, 3.63) is 63.6 Å². The molecule has 0 aliphatic carbocycles. The van der Waals surface area contributed by atoms with Crippen LogP contribution in [0.15, 0.2) is 58.1 Å². The predicted molar refractivity (Wildman–Crippen MR) is 107 cm³/mol. The third kappa shape index (κ3) is 3.55. The van der Waals surface area contributed by atoms with E-state index in [0.29, 0.717) is 21.9 Å². The van der Waals surface area contributed by atoms with Gasteiger partial charge in [0.1, 0.15) is 10.6 Å². The van der Waals surface area contributed by atoms with E-state index in [1.54, 1.807) is 48.7 Å². The normalized spacial score (nSPS) is 16.9. The Morgan fingerprint density at radius 2 is 2.14 bits per heavy atom. The number of thiophene rings is 1. The highest BCUT2D eigenvalue weighted by molar-refractivity contribution is 7.12. The summed E-state index contributed by atoms with van der Waals surface area (Å²) in [6.45, 7) is 1.71. The van der Waals surface area contributed by atoms with Crippen molar-refractivity contribution in [1.29, 1.82) is 5.41 Å². The van der Waals surface area contributed by atoms with E-state index < -0.39 is 11.9 Å². The number of aliphatic imine (C=N–C) groups is 1. The van der Waals surface area contributed by atoms with Crippen LogP contribution in [0.3, 0.4) is 0 Å². The quantitative estimate of drug-likeness (QED) is 0.472. The van der Waals surface area contributed by atoms with Crippen molar-refractivity contribution in [2.45, 2.75) is 6.92 Å². The van der Waals surface area contributed by atoms with Gasteiger partial charge < -0.3 is 14.3 Å². The number of amides is 1. The summed E-state index contributed by atoms with van der Waals surface area (Å²) in [6, 6.07) is 8.27. The van der Waals surface area contributed by atoms with Crippen molar-refractivity contribution >= 4 is 41.0 Å². The lowest BCUT2D eigenvalue weighted by molar-refractivity contribution is -0.114. The zero-order chi connectivity index (χ0) is 20.5. The number of methoxy groups -OCH3 is 1. The molecule has 2 aliphatic heterocycles. The smallest absolute Gasteiger partial charge is 0.353 e. The summed E-state index contributed by atoms with van der Waals surface area (Å²) < 4.78 is 10.7. The summed E-state index contributed by atoms with van der Waals surface area (Å²) in [6.07, 6.45) is 3.10. The number of carbonyl (C=O) groups excluding carboxylic acids is 2. The van der Waals surface area contributed by atoms with Gasteiger partial charge in [0.25, 0.3) is 5.91 Å². The van der Waals surface area contributed by atoms with Crippen LogP contribution in [0.4, 0.5) is 0 Å². The minimum absolute atomic E-state index is 0.0715. The summed E-state index contributed by atoms with van der Waals surface area (Å²) in [7, 11) is 1.45. The van der Waals surface area contributed by atoms with Gasteiger partial charge >= 0.3 is 5.97 Å². The molecule has 0 radical (unpaired) electrons. The van der Waals surface area contributed by atoms with Gasteiger partial charge in [-0.3, -0.25) is 10.2 Å². The monoisotopic (exact) mass is 409 g/mol. The molecule has 0 bridgehead atoms. The first-order valence-corrected chi connectivity index (χ1v) is 9.38. The number of nitrogens with one attached hydrogen (secondary N) is 1. The van der Waals surface area contributed by atoms with Gasteiger partial charge in [0.2, 0.25) is 0 Å². The summed E-state index contributed by atoms with van der Waals surface area (Å²) in [5, 5.41) is 11.2. The molecule has 2 aliphatic rings. The van der Waals surface area contributed by atoms with Crippen LogP contribution in [0.5, 0.6) is 11.5 Å². The molecule has 0 fully saturated rings. The molecule has 146 valence electrons. The Balaban J connectivity index is 1.61. The molecular formula is C20H15N3O5S. The fourth-order valence-corrected chi connectivity index (χ4v) is 3.37. The Morgan fingerprint density at radius 1 is 1.31 bits per heavy atom. The molecule has 0 saturated heterocycles. The Morgan fingerprint density at radius 3 is 2.86 bits per heavy atom. The van der Waals surface area contributed by atoms with Crippen LogP contribution >= 0.6 is 11.3 Å². The largest absolute Gasteiger partial charge is 0.493 e. The molecule has 8 nitrogen and oxygen atoms in total. The minimum Gasteiger partial charge on any atom is -0.493 e. The maximum absolute atomic E-state index is 12.3. The van der Waals surface area contributed by atoms with E-state index in [4.69, 9.17) is 19.7 Å². The molecule has 0 saturated carbocycles. The number of amidine groups is 2. The number of rotatable bonds is 4. The Labute approximate surface area is 169 Å². The lowest BCUT2D eigenvalue weighted by Gasteiger charge is -2.23. The molecule has 0 spiro atoms. The number of nitrogens with zero attached hydrogens (tertiary/aromatic N) is 2. The summed E-state index contributed by atoms with van der Waals surface area (Å²) in [5.74, 6) is 0.260. The Bertz CT molecular complexity index is 1120. The molecule has 2 aromatic rings. The molecule has 1 amide bonds. The first-order valence-electron chi connectivity index (χ1n) is 8.50. The number of allylic oxidation sites excluding steroid dienone is 1. The fourth-order valence-electron chi connectivity index (χ4n) is 2.77. The van der Waals surface area contributed by atoms with E-state index >= 15 is 0 Å². The molecule has 3 heterocycles. The van der Waals surface area contributed by atoms with Gasteiger partial charge in [-0.2, -0.15) is 4.99 Å². The van der Waals surface area contributed by atoms with E-state index in [0.717, 1.165) is 0 Å². The average molecular weight is 409 g/mol. The second kappa shape index (κ2) is 7.36. The minimum atomic E-state index is -0.539. The highest BCUT2D eigenvalue weighted by Crippen LogP contribution is 2.31. The number of hydroxylamine groups is 2. The summed E-state index contributed by atoms with van der Waals surface area (Å²) >= 11 is 1.28. The van der Waals surface area contributed by atoms with Crippen molar-refractivity contribution in [2.24, 2.45) is 4.99 Å². The van der Waals surface area contributed by atoms with Gasteiger partial charge in [-0.05, 0) is 42.1 Å². The molecule has 1 aromatic heterocycles.